The average Bonchev–Trinajstić information content (AvgIpc) is 3.24. The van der Waals surface area contributed by atoms with Crippen LogP contribution in [0.15, 0.2) is 24.4 Å². The highest BCUT2D eigenvalue weighted by atomic mass is 16.5. The Balaban J connectivity index is 2.63. The van der Waals surface area contributed by atoms with Gasteiger partial charge in [-0.2, -0.15) is 0 Å². The van der Waals surface area contributed by atoms with E-state index in [2.05, 4.69) is 25.8 Å². The SMILES string of the molecule is CCCCCCCCCCCCOC(=O)CCN(CCC(=O)OCCCCCCCCCCCC)N(CCC(=O)OCCCCCCCCCCCC)c1ccccn1. The van der Waals surface area contributed by atoms with Crippen LogP contribution in [0.1, 0.15) is 233 Å². The van der Waals surface area contributed by atoms with Gasteiger partial charge in [0.25, 0.3) is 0 Å². The first kappa shape index (κ1) is 54.3. The largest absolute Gasteiger partial charge is 0.466 e. The molecule has 0 aliphatic heterocycles. The molecule has 1 aromatic heterocycles. The smallest absolute Gasteiger partial charge is 0.307 e. The summed E-state index contributed by atoms with van der Waals surface area (Å²) in [6.07, 6.45) is 39.0. The minimum atomic E-state index is -0.258. The molecule has 0 N–H and O–H groups in total. The van der Waals surface area contributed by atoms with Crippen LogP contribution in [-0.2, 0) is 28.6 Å². The summed E-state index contributed by atoms with van der Waals surface area (Å²) in [5.41, 5.74) is 0. The molecular weight excluding hydrogens is 739 g/mol. The number of unbranched alkanes of at least 4 members (excludes halogenated alkanes) is 27. The number of aromatic nitrogens is 1. The topological polar surface area (TPSA) is 98.3 Å². The molecule has 0 atom stereocenters. The summed E-state index contributed by atoms with van der Waals surface area (Å²) in [6.45, 7) is 9.00. The molecule has 9 nitrogen and oxygen atoms in total. The Bertz CT molecular complexity index is 1050. The number of ether oxygens (including phenoxy) is 3. The molecule has 1 rings (SSSR count). The van der Waals surface area contributed by atoms with Gasteiger partial charge in [-0.3, -0.25) is 19.4 Å². The van der Waals surface area contributed by atoms with E-state index in [4.69, 9.17) is 14.2 Å². The first-order valence-corrected chi connectivity index (χ1v) is 24.9. The Kier molecular flexibility index (Phi) is 38.7. The van der Waals surface area contributed by atoms with Gasteiger partial charge in [0, 0.05) is 25.8 Å². The van der Waals surface area contributed by atoms with Crippen LogP contribution in [0, 0.1) is 0 Å². The minimum absolute atomic E-state index is 0.164. The number of hydrazine groups is 1. The molecule has 1 aromatic rings. The molecule has 9 heteroatoms. The molecule has 0 aliphatic carbocycles. The van der Waals surface area contributed by atoms with E-state index < -0.39 is 0 Å². The first-order chi connectivity index (χ1) is 29.0. The fourth-order valence-corrected chi connectivity index (χ4v) is 7.44. The number of esters is 3. The summed E-state index contributed by atoms with van der Waals surface area (Å²) in [5.74, 6) is -0.126. The van der Waals surface area contributed by atoms with Crippen LogP contribution >= 0.6 is 0 Å². The molecule has 0 unspecified atom stereocenters. The highest BCUT2D eigenvalue weighted by Crippen LogP contribution is 2.17. The fourth-order valence-electron chi connectivity index (χ4n) is 7.44. The molecule has 342 valence electrons. The zero-order valence-electron chi connectivity index (χ0n) is 38.7. The van der Waals surface area contributed by atoms with E-state index >= 15 is 0 Å². The average molecular weight is 830 g/mol. The Hall–Kier alpha value is -2.68. The van der Waals surface area contributed by atoms with Gasteiger partial charge in [-0.15, -0.1) is 0 Å². The first-order valence-electron chi connectivity index (χ1n) is 24.9. The number of carbonyl (C=O) groups is 3. The summed E-state index contributed by atoms with van der Waals surface area (Å²) < 4.78 is 16.9. The lowest BCUT2D eigenvalue weighted by atomic mass is 10.1. The van der Waals surface area contributed by atoms with Crippen molar-refractivity contribution >= 4 is 23.7 Å². The van der Waals surface area contributed by atoms with Crippen LogP contribution in [0.3, 0.4) is 0 Å². The van der Waals surface area contributed by atoms with E-state index in [1.165, 1.54) is 154 Å². The lowest BCUT2D eigenvalue weighted by Crippen LogP contribution is -2.46. The highest BCUT2D eigenvalue weighted by Gasteiger charge is 2.22. The number of nitrogens with zero attached hydrogens (tertiary/aromatic N) is 3. The summed E-state index contributed by atoms with van der Waals surface area (Å²) in [7, 11) is 0. The van der Waals surface area contributed by atoms with Gasteiger partial charge >= 0.3 is 17.9 Å². The number of anilines is 1. The third kappa shape index (κ3) is 34.7. The maximum atomic E-state index is 12.9. The van der Waals surface area contributed by atoms with Crippen molar-refractivity contribution in [2.75, 3.05) is 44.5 Å². The predicted molar refractivity (Wildman–Crippen MR) is 245 cm³/mol. The van der Waals surface area contributed by atoms with Crippen molar-refractivity contribution in [3.63, 3.8) is 0 Å². The van der Waals surface area contributed by atoms with Crippen LogP contribution in [0.4, 0.5) is 5.82 Å². The fraction of sp³-hybridized carbons (Fsp3) is 0.840. The molecule has 0 amide bonds. The van der Waals surface area contributed by atoms with E-state index in [1.54, 1.807) is 6.20 Å². The Morgan fingerprint density at radius 1 is 0.424 bits per heavy atom. The molecule has 0 bridgehead atoms. The predicted octanol–water partition coefficient (Wildman–Crippen LogP) is 13.7. The van der Waals surface area contributed by atoms with Crippen molar-refractivity contribution in [3.05, 3.63) is 24.4 Å². The minimum Gasteiger partial charge on any atom is -0.466 e. The molecule has 59 heavy (non-hydrogen) atoms. The molecule has 0 spiro atoms. The molecule has 0 saturated carbocycles. The maximum Gasteiger partial charge on any atom is 0.307 e. The second-order valence-corrected chi connectivity index (χ2v) is 16.7. The molecule has 0 aromatic carbocycles. The van der Waals surface area contributed by atoms with E-state index in [1.807, 2.05) is 28.2 Å². The van der Waals surface area contributed by atoms with Gasteiger partial charge in [0.2, 0.25) is 0 Å². The highest BCUT2D eigenvalue weighted by molar-refractivity contribution is 5.71. The van der Waals surface area contributed by atoms with Crippen LogP contribution in [-0.4, -0.2) is 67.4 Å². The summed E-state index contributed by atoms with van der Waals surface area (Å²) in [4.78, 5) is 43.4. The van der Waals surface area contributed by atoms with Crippen LogP contribution in [0.25, 0.3) is 0 Å². The monoisotopic (exact) mass is 830 g/mol. The summed E-state index contributed by atoms with van der Waals surface area (Å²) >= 11 is 0. The molecule has 0 aliphatic rings. The van der Waals surface area contributed by atoms with Gasteiger partial charge in [0.05, 0.1) is 39.1 Å². The second kappa shape index (κ2) is 42.0. The van der Waals surface area contributed by atoms with E-state index in [9.17, 15) is 14.4 Å². The summed E-state index contributed by atoms with van der Waals surface area (Å²) in [5, 5.41) is 3.86. The van der Waals surface area contributed by atoms with Gasteiger partial charge in [-0.1, -0.05) is 200 Å². The lowest BCUT2D eigenvalue weighted by molar-refractivity contribution is -0.146. The van der Waals surface area contributed by atoms with Crippen LogP contribution in [0.5, 0.6) is 0 Å². The second-order valence-electron chi connectivity index (χ2n) is 16.7. The zero-order chi connectivity index (χ0) is 42.7. The third-order valence-electron chi connectivity index (χ3n) is 11.2. The molecule has 0 fully saturated rings. The number of carbonyl (C=O) groups excluding carboxylic acids is 3. The standard InChI is InChI=1S/C50H91N3O6/c1-4-7-10-13-16-19-22-25-28-33-44-57-48(54)37-41-52(42-38-49(55)58-45-34-29-26-23-20-17-14-11-8-5-2)53(47-36-31-32-40-51-47)43-39-50(56)59-46-35-30-27-24-21-18-15-12-9-6-3/h31-32,36,40H,4-30,33-35,37-39,41-46H2,1-3H3. The Morgan fingerprint density at radius 2 is 0.729 bits per heavy atom. The van der Waals surface area contributed by atoms with Gasteiger partial charge in [0.15, 0.2) is 0 Å². The lowest BCUT2D eigenvalue weighted by Gasteiger charge is -2.35. The van der Waals surface area contributed by atoms with Crippen molar-refractivity contribution in [2.45, 2.75) is 233 Å². The van der Waals surface area contributed by atoms with Crippen molar-refractivity contribution < 1.29 is 28.6 Å². The molecule has 1 heterocycles. The van der Waals surface area contributed by atoms with Gasteiger partial charge < -0.3 is 14.2 Å². The van der Waals surface area contributed by atoms with E-state index in [0.29, 0.717) is 45.3 Å². The maximum absolute atomic E-state index is 12.9. The van der Waals surface area contributed by atoms with E-state index in [-0.39, 0.29) is 37.2 Å². The number of hydrogen-bond acceptors (Lipinski definition) is 9. The van der Waals surface area contributed by atoms with Crippen LogP contribution in [0.2, 0.25) is 0 Å². The third-order valence-corrected chi connectivity index (χ3v) is 11.2. The number of pyridine rings is 1. The van der Waals surface area contributed by atoms with Crippen molar-refractivity contribution in [1.82, 2.24) is 9.99 Å². The molecule has 0 saturated heterocycles. The van der Waals surface area contributed by atoms with Crippen LogP contribution < -0.4 is 5.01 Å². The quantitative estimate of drug-likeness (QED) is 0.0275. The van der Waals surface area contributed by atoms with Crippen molar-refractivity contribution in [3.8, 4) is 0 Å². The molecular formula is C50H91N3O6. The van der Waals surface area contributed by atoms with E-state index in [0.717, 1.165) is 38.5 Å². The van der Waals surface area contributed by atoms with Gasteiger partial charge in [-0.25, -0.2) is 9.99 Å². The number of rotatable bonds is 44. The van der Waals surface area contributed by atoms with Gasteiger partial charge in [0.1, 0.15) is 5.82 Å². The molecule has 0 radical (unpaired) electrons. The summed E-state index contributed by atoms with van der Waals surface area (Å²) in [6, 6.07) is 5.64. The van der Waals surface area contributed by atoms with Crippen molar-refractivity contribution in [2.24, 2.45) is 0 Å². The van der Waals surface area contributed by atoms with Crippen molar-refractivity contribution in [1.29, 1.82) is 0 Å². The Morgan fingerprint density at radius 3 is 1.03 bits per heavy atom. The normalized spacial score (nSPS) is 11.3. The zero-order valence-corrected chi connectivity index (χ0v) is 38.7. The van der Waals surface area contributed by atoms with Gasteiger partial charge in [-0.05, 0) is 31.4 Å². The Labute approximate surface area is 362 Å². The number of hydrogen-bond donors (Lipinski definition) is 0.